The second-order valence-corrected chi connectivity index (χ2v) is 7.52. The average Bonchev–Trinajstić information content (AvgIpc) is 2.94. The first-order valence-electron chi connectivity index (χ1n) is 9.89. The number of anilines is 2. The van der Waals surface area contributed by atoms with Gasteiger partial charge in [0.05, 0.1) is 22.3 Å². The summed E-state index contributed by atoms with van der Waals surface area (Å²) < 4.78 is 41.4. The van der Waals surface area contributed by atoms with E-state index in [1.807, 2.05) is 6.07 Å². The number of halogens is 3. The van der Waals surface area contributed by atoms with Gasteiger partial charge in [-0.15, -0.1) is 0 Å². The maximum absolute atomic E-state index is 13.9. The van der Waals surface area contributed by atoms with Crippen molar-refractivity contribution in [2.24, 2.45) is 0 Å². The third-order valence-electron chi connectivity index (χ3n) is 5.37. The number of hydrogen-bond donors (Lipinski definition) is 1. The number of pyridine rings is 1. The molecule has 0 radical (unpaired) electrons. The number of nitriles is 1. The molecule has 1 N–H and O–H groups in total. The standard InChI is InChI=1S/C23H19F3N4O/c24-19-5-4-17(11-16(19)14-27)29-22(31)18-12-15-3-1-8-28-20(15)13-21(18)30-9-2-6-23(25,26)7-10-30/h1,3-5,8,11-13H,2,6-7,9-10H2,(H,29,31). The minimum absolute atomic E-state index is 0.112. The smallest absolute Gasteiger partial charge is 0.257 e. The fraction of sp³-hybridized carbons (Fsp3) is 0.261. The molecular formula is C23H19F3N4O. The molecule has 2 heterocycles. The van der Waals surface area contributed by atoms with Gasteiger partial charge in [0.25, 0.3) is 5.91 Å². The number of benzene rings is 2. The zero-order chi connectivity index (χ0) is 22.0. The number of carbonyl (C=O) groups excluding carboxylic acids is 1. The molecule has 5 nitrogen and oxygen atoms in total. The SMILES string of the molecule is N#Cc1cc(NC(=O)c2cc3cccnc3cc2N2CCCC(F)(F)CC2)ccc1F. The third kappa shape index (κ3) is 4.45. The molecule has 158 valence electrons. The molecule has 3 aromatic rings. The van der Waals surface area contributed by atoms with Gasteiger partial charge >= 0.3 is 0 Å². The summed E-state index contributed by atoms with van der Waals surface area (Å²) in [6, 6.07) is 12.4. The Labute approximate surface area is 177 Å². The fourth-order valence-electron chi connectivity index (χ4n) is 3.74. The second-order valence-electron chi connectivity index (χ2n) is 7.52. The van der Waals surface area contributed by atoms with Gasteiger partial charge in [-0.2, -0.15) is 5.26 Å². The van der Waals surface area contributed by atoms with E-state index in [0.29, 0.717) is 29.7 Å². The van der Waals surface area contributed by atoms with Crippen LogP contribution in [-0.4, -0.2) is 29.9 Å². The van der Waals surface area contributed by atoms with Crippen molar-refractivity contribution in [3.63, 3.8) is 0 Å². The van der Waals surface area contributed by atoms with E-state index >= 15 is 0 Å². The summed E-state index contributed by atoms with van der Waals surface area (Å²) in [6.07, 6.45) is 1.45. The van der Waals surface area contributed by atoms with Crippen molar-refractivity contribution in [3.8, 4) is 6.07 Å². The highest BCUT2D eigenvalue weighted by Gasteiger charge is 2.32. The van der Waals surface area contributed by atoms with E-state index in [9.17, 15) is 18.0 Å². The van der Waals surface area contributed by atoms with Crippen LogP contribution in [0.2, 0.25) is 0 Å². The molecule has 0 bridgehead atoms. The first-order valence-corrected chi connectivity index (χ1v) is 9.89. The molecule has 1 aromatic heterocycles. The Bertz CT molecular complexity index is 1190. The van der Waals surface area contributed by atoms with Crippen LogP contribution in [0.1, 0.15) is 35.2 Å². The van der Waals surface area contributed by atoms with Crippen molar-refractivity contribution in [2.75, 3.05) is 23.3 Å². The number of rotatable bonds is 3. The van der Waals surface area contributed by atoms with Crippen molar-refractivity contribution < 1.29 is 18.0 Å². The van der Waals surface area contributed by atoms with Gasteiger partial charge in [-0.05, 0) is 42.8 Å². The van der Waals surface area contributed by atoms with Gasteiger partial charge in [-0.3, -0.25) is 9.78 Å². The van der Waals surface area contributed by atoms with Crippen molar-refractivity contribution in [2.45, 2.75) is 25.2 Å². The van der Waals surface area contributed by atoms with Gasteiger partial charge in [0.15, 0.2) is 0 Å². The van der Waals surface area contributed by atoms with Crippen molar-refractivity contribution in [1.29, 1.82) is 5.26 Å². The lowest BCUT2D eigenvalue weighted by molar-refractivity contribution is -0.0102. The van der Waals surface area contributed by atoms with E-state index in [1.54, 1.807) is 35.4 Å². The van der Waals surface area contributed by atoms with Crippen LogP contribution >= 0.6 is 0 Å². The summed E-state index contributed by atoms with van der Waals surface area (Å²) in [7, 11) is 0. The van der Waals surface area contributed by atoms with Crippen LogP contribution in [0.4, 0.5) is 24.5 Å². The number of nitrogens with one attached hydrogen (secondary N) is 1. The predicted octanol–water partition coefficient (Wildman–Crippen LogP) is 5.12. The molecule has 2 aromatic carbocycles. The number of fused-ring (bicyclic) bond motifs is 1. The quantitative estimate of drug-likeness (QED) is 0.633. The predicted molar refractivity (Wildman–Crippen MR) is 112 cm³/mol. The molecule has 1 saturated heterocycles. The highest BCUT2D eigenvalue weighted by molar-refractivity contribution is 6.10. The van der Waals surface area contributed by atoms with Crippen molar-refractivity contribution in [3.05, 3.63) is 65.6 Å². The minimum atomic E-state index is -2.73. The van der Waals surface area contributed by atoms with Gasteiger partial charge in [0, 0.05) is 43.2 Å². The Balaban J connectivity index is 1.72. The Morgan fingerprint density at radius 2 is 2.00 bits per heavy atom. The number of alkyl halides is 2. The Hall–Kier alpha value is -3.60. The number of amides is 1. The normalized spacial score (nSPS) is 15.9. The molecular weight excluding hydrogens is 405 g/mol. The maximum atomic E-state index is 13.9. The zero-order valence-electron chi connectivity index (χ0n) is 16.5. The molecule has 4 rings (SSSR count). The molecule has 31 heavy (non-hydrogen) atoms. The third-order valence-corrected chi connectivity index (χ3v) is 5.37. The molecule has 1 amide bonds. The lowest BCUT2D eigenvalue weighted by Crippen LogP contribution is -2.28. The lowest BCUT2D eigenvalue weighted by Gasteiger charge is -2.25. The van der Waals surface area contributed by atoms with Gasteiger partial charge in [-0.25, -0.2) is 13.2 Å². The molecule has 0 saturated carbocycles. The molecule has 0 atom stereocenters. The summed E-state index contributed by atoms with van der Waals surface area (Å²) in [4.78, 5) is 19.2. The Morgan fingerprint density at radius 3 is 2.81 bits per heavy atom. The lowest BCUT2D eigenvalue weighted by atomic mass is 10.1. The van der Waals surface area contributed by atoms with Gasteiger partial charge < -0.3 is 10.2 Å². The van der Waals surface area contributed by atoms with E-state index in [1.165, 1.54) is 12.1 Å². The van der Waals surface area contributed by atoms with Crippen LogP contribution in [0.3, 0.4) is 0 Å². The van der Waals surface area contributed by atoms with Gasteiger partial charge in [-0.1, -0.05) is 6.07 Å². The van der Waals surface area contributed by atoms with E-state index in [4.69, 9.17) is 5.26 Å². The highest BCUT2D eigenvalue weighted by atomic mass is 19.3. The number of nitrogens with zero attached hydrogens (tertiary/aromatic N) is 3. The summed E-state index contributed by atoms with van der Waals surface area (Å²) in [6.45, 7) is 0.504. The zero-order valence-corrected chi connectivity index (χ0v) is 16.5. The van der Waals surface area contributed by atoms with Crippen LogP contribution in [0, 0.1) is 17.1 Å². The van der Waals surface area contributed by atoms with E-state index < -0.39 is 17.6 Å². The number of hydrogen-bond acceptors (Lipinski definition) is 4. The summed E-state index contributed by atoms with van der Waals surface area (Å²) >= 11 is 0. The second kappa shape index (κ2) is 8.26. The van der Waals surface area contributed by atoms with Crippen molar-refractivity contribution in [1.82, 2.24) is 4.98 Å². The number of aromatic nitrogens is 1. The summed E-state index contributed by atoms with van der Waals surface area (Å²) in [5.74, 6) is -3.88. The molecule has 0 aliphatic carbocycles. The van der Waals surface area contributed by atoms with Crippen LogP contribution in [0.5, 0.6) is 0 Å². The first kappa shape index (κ1) is 20.7. The van der Waals surface area contributed by atoms with Crippen molar-refractivity contribution >= 4 is 28.2 Å². The van der Waals surface area contributed by atoms with Crippen LogP contribution in [0.15, 0.2) is 48.7 Å². The van der Waals surface area contributed by atoms with E-state index in [2.05, 4.69) is 10.3 Å². The summed E-state index contributed by atoms with van der Waals surface area (Å²) in [5, 5.41) is 12.4. The van der Waals surface area contributed by atoms with Gasteiger partial charge in [0.1, 0.15) is 11.9 Å². The molecule has 1 aliphatic rings. The maximum Gasteiger partial charge on any atom is 0.257 e. The number of carbonyl (C=O) groups is 1. The molecule has 1 aliphatic heterocycles. The largest absolute Gasteiger partial charge is 0.371 e. The van der Waals surface area contributed by atoms with E-state index in [-0.39, 0.29) is 30.6 Å². The molecule has 1 fully saturated rings. The molecule has 0 spiro atoms. The van der Waals surface area contributed by atoms with Crippen LogP contribution in [-0.2, 0) is 0 Å². The fourth-order valence-corrected chi connectivity index (χ4v) is 3.74. The highest BCUT2D eigenvalue weighted by Crippen LogP contribution is 2.33. The molecule has 8 heteroatoms. The Morgan fingerprint density at radius 1 is 1.16 bits per heavy atom. The van der Waals surface area contributed by atoms with Crippen LogP contribution < -0.4 is 10.2 Å². The average molecular weight is 424 g/mol. The molecule has 0 unspecified atom stereocenters. The Kier molecular flexibility index (Phi) is 5.51. The van der Waals surface area contributed by atoms with Crippen LogP contribution in [0.25, 0.3) is 10.9 Å². The van der Waals surface area contributed by atoms with Gasteiger partial charge in [0.2, 0.25) is 5.92 Å². The summed E-state index contributed by atoms with van der Waals surface area (Å²) in [5.41, 5.74) is 1.55. The minimum Gasteiger partial charge on any atom is -0.371 e. The first-order chi connectivity index (χ1) is 14.9. The monoisotopic (exact) mass is 424 g/mol. The topological polar surface area (TPSA) is 69.0 Å². The van der Waals surface area contributed by atoms with E-state index in [0.717, 1.165) is 11.5 Å².